The first-order valence-electron chi connectivity index (χ1n) is 10.3. The summed E-state index contributed by atoms with van der Waals surface area (Å²) in [5, 5.41) is 3.35. The summed E-state index contributed by atoms with van der Waals surface area (Å²) in [5.41, 5.74) is 1.12. The second-order valence-corrected chi connectivity index (χ2v) is 7.71. The molecule has 0 amide bonds. The number of nitrogens with zero attached hydrogens (tertiary/aromatic N) is 5. The van der Waals surface area contributed by atoms with Crippen molar-refractivity contribution in [2.24, 2.45) is 4.99 Å². The first-order valence-corrected chi connectivity index (χ1v) is 10.3. The SMILES string of the molecule is CN=C(NCc1ccnc(N2CCCCC2)c1)N1CCN(C(C)C(F)(F)F)CC1. The standard InChI is InChI=1S/C20H31F3N6/c1-16(20(21,22)23)27-10-12-29(13-11-27)19(24-2)26-15-17-6-7-25-18(14-17)28-8-4-3-5-9-28/h6-7,14,16H,3-5,8-13,15H2,1-2H3,(H,24,26). The quantitative estimate of drug-likeness (QED) is 0.609. The zero-order chi connectivity index (χ0) is 20.9. The molecule has 0 aromatic carbocycles. The van der Waals surface area contributed by atoms with Crippen molar-refractivity contribution in [2.45, 2.75) is 44.9 Å². The molecule has 3 rings (SSSR count). The van der Waals surface area contributed by atoms with E-state index in [4.69, 9.17) is 0 Å². The van der Waals surface area contributed by atoms with Crippen LogP contribution in [0.5, 0.6) is 0 Å². The molecular formula is C20H31F3N6. The summed E-state index contributed by atoms with van der Waals surface area (Å²) in [6.45, 7) is 5.72. The Kier molecular flexibility index (Phi) is 7.21. The first-order chi connectivity index (χ1) is 13.9. The molecule has 6 nitrogen and oxygen atoms in total. The van der Waals surface area contributed by atoms with Gasteiger partial charge in [0.15, 0.2) is 5.96 Å². The van der Waals surface area contributed by atoms with Gasteiger partial charge in [-0.3, -0.25) is 9.89 Å². The highest BCUT2D eigenvalue weighted by Gasteiger charge is 2.41. The Balaban J connectivity index is 1.52. The molecule has 29 heavy (non-hydrogen) atoms. The van der Waals surface area contributed by atoms with Gasteiger partial charge in [-0.1, -0.05) is 0 Å². The van der Waals surface area contributed by atoms with Crippen molar-refractivity contribution < 1.29 is 13.2 Å². The Hall–Kier alpha value is -2.03. The number of rotatable bonds is 4. The number of piperazine rings is 1. The van der Waals surface area contributed by atoms with E-state index in [0.29, 0.717) is 32.7 Å². The van der Waals surface area contributed by atoms with E-state index in [-0.39, 0.29) is 0 Å². The molecule has 9 heteroatoms. The summed E-state index contributed by atoms with van der Waals surface area (Å²) in [6, 6.07) is 2.68. The van der Waals surface area contributed by atoms with Crippen molar-refractivity contribution in [3.05, 3.63) is 23.9 Å². The molecule has 2 aliphatic heterocycles. The maximum absolute atomic E-state index is 12.9. The van der Waals surface area contributed by atoms with Crippen molar-refractivity contribution >= 4 is 11.8 Å². The van der Waals surface area contributed by atoms with Crippen LogP contribution in [0.3, 0.4) is 0 Å². The van der Waals surface area contributed by atoms with Crippen LogP contribution in [-0.2, 0) is 6.54 Å². The van der Waals surface area contributed by atoms with Crippen LogP contribution in [0, 0.1) is 0 Å². The molecule has 0 aliphatic carbocycles. The maximum Gasteiger partial charge on any atom is 0.403 e. The Labute approximate surface area is 170 Å². The van der Waals surface area contributed by atoms with Gasteiger partial charge in [0.05, 0.1) is 0 Å². The lowest BCUT2D eigenvalue weighted by Crippen LogP contribution is -2.56. The van der Waals surface area contributed by atoms with Gasteiger partial charge >= 0.3 is 6.18 Å². The smallest absolute Gasteiger partial charge is 0.357 e. The Morgan fingerprint density at radius 1 is 1.14 bits per heavy atom. The number of hydrogen-bond donors (Lipinski definition) is 1. The minimum absolute atomic E-state index is 0.371. The third kappa shape index (κ3) is 5.74. The lowest BCUT2D eigenvalue weighted by molar-refractivity contribution is -0.181. The van der Waals surface area contributed by atoms with Crippen LogP contribution in [0.15, 0.2) is 23.3 Å². The van der Waals surface area contributed by atoms with Gasteiger partial charge in [0.25, 0.3) is 0 Å². The highest BCUT2D eigenvalue weighted by atomic mass is 19.4. The van der Waals surface area contributed by atoms with Gasteiger partial charge in [0, 0.05) is 59.1 Å². The highest BCUT2D eigenvalue weighted by molar-refractivity contribution is 5.80. The lowest BCUT2D eigenvalue weighted by atomic mass is 10.1. The number of hydrogen-bond acceptors (Lipinski definition) is 4. The minimum Gasteiger partial charge on any atom is -0.357 e. The molecule has 1 aromatic heterocycles. The van der Waals surface area contributed by atoms with E-state index in [1.54, 1.807) is 7.05 Å². The van der Waals surface area contributed by atoms with Crippen molar-refractivity contribution in [3.8, 4) is 0 Å². The number of anilines is 1. The van der Waals surface area contributed by atoms with E-state index in [2.05, 4.69) is 26.3 Å². The lowest BCUT2D eigenvalue weighted by Gasteiger charge is -2.39. The monoisotopic (exact) mass is 412 g/mol. The van der Waals surface area contributed by atoms with Crippen LogP contribution in [0.2, 0.25) is 0 Å². The fourth-order valence-electron chi connectivity index (χ4n) is 3.91. The largest absolute Gasteiger partial charge is 0.403 e. The predicted molar refractivity (Wildman–Crippen MR) is 109 cm³/mol. The van der Waals surface area contributed by atoms with Crippen LogP contribution in [-0.4, -0.2) is 79.3 Å². The minimum atomic E-state index is -4.19. The van der Waals surface area contributed by atoms with Gasteiger partial charge in [0.1, 0.15) is 11.9 Å². The summed E-state index contributed by atoms with van der Waals surface area (Å²) in [4.78, 5) is 14.7. The van der Waals surface area contributed by atoms with Gasteiger partial charge in [-0.05, 0) is 43.9 Å². The molecule has 2 fully saturated rings. The number of halogens is 3. The van der Waals surface area contributed by atoms with Crippen LogP contribution < -0.4 is 10.2 Å². The van der Waals surface area contributed by atoms with Crippen LogP contribution in [0.4, 0.5) is 19.0 Å². The van der Waals surface area contributed by atoms with E-state index in [0.717, 1.165) is 30.4 Å². The van der Waals surface area contributed by atoms with Crippen LogP contribution >= 0.6 is 0 Å². The summed E-state index contributed by atoms with van der Waals surface area (Å²) in [6.07, 6.45) is 1.34. The Morgan fingerprint density at radius 2 is 1.83 bits per heavy atom. The molecule has 2 aliphatic rings. The van der Waals surface area contributed by atoms with Crippen molar-refractivity contribution in [1.29, 1.82) is 0 Å². The molecule has 1 unspecified atom stereocenters. The van der Waals surface area contributed by atoms with Gasteiger partial charge in [-0.2, -0.15) is 13.2 Å². The number of piperidine rings is 1. The second-order valence-electron chi connectivity index (χ2n) is 7.71. The van der Waals surface area contributed by atoms with Gasteiger partial charge in [-0.25, -0.2) is 4.98 Å². The Morgan fingerprint density at radius 3 is 2.45 bits per heavy atom. The predicted octanol–water partition coefficient (Wildman–Crippen LogP) is 2.72. The number of pyridine rings is 1. The molecule has 1 aromatic rings. The van der Waals surface area contributed by atoms with Gasteiger partial charge < -0.3 is 15.1 Å². The summed E-state index contributed by atoms with van der Waals surface area (Å²) in [7, 11) is 1.71. The van der Waals surface area contributed by atoms with Crippen molar-refractivity contribution in [2.75, 3.05) is 51.2 Å². The van der Waals surface area contributed by atoms with E-state index >= 15 is 0 Å². The number of nitrogens with one attached hydrogen (secondary N) is 1. The average molecular weight is 413 g/mol. The van der Waals surface area contributed by atoms with Crippen LogP contribution in [0.25, 0.3) is 0 Å². The molecule has 2 saturated heterocycles. The van der Waals surface area contributed by atoms with E-state index in [1.165, 1.54) is 31.1 Å². The summed E-state index contributed by atoms with van der Waals surface area (Å²) in [5.74, 6) is 1.73. The summed E-state index contributed by atoms with van der Waals surface area (Å²) >= 11 is 0. The average Bonchev–Trinajstić information content (AvgIpc) is 2.74. The zero-order valence-corrected chi connectivity index (χ0v) is 17.3. The number of guanidine groups is 1. The molecule has 1 atom stereocenters. The third-order valence-electron chi connectivity index (χ3n) is 5.79. The summed E-state index contributed by atoms with van der Waals surface area (Å²) < 4.78 is 38.8. The molecule has 0 radical (unpaired) electrons. The normalized spacial score (nSPS) is 20.7. The van der Waals surface area contributed by atoms with Crippen molar-refractivity contribution in [3.63, 3.8) is 0 Å². The fraction of sp³-hybridized carbons (Fsp3) is 0.700. The fourth-order valence-corrected chi connectivity index (χ4v) is 3.91. The number of alkyl halides is 3. The number of aromatic nitrogens is 1. The molecule has 0 bridgehead atoms. The molecule has 162 valence electrons. The molecule has 0 spiro atoms. The highest BCUT2D eigenvalue weighted by Crippen LogP contribution is 2.25. The topological polar surface area (TPSA) is 47.0 Å². The number of aliphatic imine (C=N–C) groups is 1. The van der Waals surface area contributed by atoms with E-state index in [9.17, 15) is 13.2 Å². The Bertz CT molecular complexity index is 679. The molecule has 1 N–H and O–H groups in total. The second kappa shape index (κ2) is 9.65. The van der Waals surface area contributed by atoms with E-state index < -0.39 is 12.2 Å². The molecule has 0 saturated carbocycles. The van der Waals surface area contributed by atoms with E-state index in [1.807, 2.05) is 17.2 Å². The molecular weight excluding hydrogens is 381 g/mol. The maximum atomic E-state index is 12.9. The van der Waals surface area contributed by atoms with Gasteiger partial charge in [-0.15, -0.1) is 0 Å². The van der Waals surface area contributed by atoms with Gasteiger partial charge in [0.2, 0.25) is 0 Å². The third-order valence-corrected chi connectivity index (χ3v) is 5.79. The first kappa shape index (κ1) is 21.7. The zero-order valence-electron chi connectivity index (χ0n) is 17.3. The molecule has 3 heterocycles. The van der Waals surface area contributed by atoms with Crippen LogP contribution in [0.1, 0.15) is 31.7 Å². The van der Waals surface area contributed by atoms with Crippen molar-refractivity contribution in [1.82, 2.24) is 20.1 Å².